The summed E-state index contributed by atoms with van der Waals surface area (Å²) in [5.74, 6) is 1.65. The summed E-state index contributed by atoms with van der Waals surface area (Å²) in [4.78, 5) is 8.79. The maximum absolute atomic E-state index is 2.66. The Labute approximate surface area is 388 Å². The van der Waals surface area contributed by atoms with E-state index in [1.165, 1.54) is 243 Å². The van der Waals surface area contributed by atoms with Crippen molar-refractivity contribution in [2.45, 2.75) is 246 Å². The van der Waals surface area contributed by atoms with E-state index in [2.05, 4.69) is 97.5 Å². The Hall–Kier alpha value is -1.20. The van der Waals surface area contributed by atoms with Crippen LogP contribution in [0.25, 0.3) is 29.3 Å². The topological polar surface area (TPSA) is 0 Å². The number of hydrogen-bond acceptors (Lipinski definition) is 4. The van der Waals surface area contributed by atoms with Gasteiger partial charge in [-0.05, 0) is 76.9 Å². The zero-order chi connectivity index (χ0) is 42.3. The van der Waals surface area contributed by atoms with E-state index < -0.39 is 0 Å². The first-order valence-electron chi connectivity index (χ1n) is 26.0. The molecule has 0 aliphatic rings. The second kappa shape index (κ2) is 33.3. The minimum Gasteiger partial charge on any atom is -0.143 e. The third-order valence-electron chi connectivity index (χ3n) is 13.3. The Morgan fingerprint density at radius 1 is 0.367 bits per heavy atom. The van der Waals surface area contributed by atoms with Crippen LogP contribution in [-0.4, -0.2) is 0 Å². The second-order valence-corrected chi connectivity index (χ2v) is 22.6. The first-order chi connectivity index (χ1) is 29.7. The van der Waals surface area contributed by atoms with E-state index in [4.69, 9.17) is 0 Å². The normalized spacial score (nSPS) is 12.8. The predicted molar refractivity (Wildman–Crippen MR) is 279 cm³/mol. The largest absolute Gasteiger partial charge is 0.143 e. The summed E-state index contributed by atoms with van der Waals surface area (Å²) >= 11 is 7.98. The van der Waals surface area contributed by atoms with Crippen molar-refractivity contribution in [1.82, 2.24) is 0 Å². The molecule has 2 unspecified atom stereocenters. The fraction of sp³-hybridized carbons (Fsp3) is 0.714. The van der Waals surface area contributed by atoms with Gasteiger partial charge < -0.3 is 0 Å². The lowest BCUT2D eigenvalue weighted by Gasteiger charge is -2.21. The van der Waals surface area contributed by atoms with Gasteiger partial charge in [-0.1, -0.05) is 239 Å². The van der Waals surface area contributed by atoms with Crippen LogP contribution in [0.3, 0.4) is 0 Å². The van der Waals surface area contributed by atoms with Gasteiger partial charge in [-0.3, -0.25) is 0 Å². The molecule has 60 heavy (non-hydrogen) atoms. The first-order valence-corrected chi connectivity index (χ1v) is 29.4. The van der Waals surface area contributed by atoms with E-state index in [1.54, 1.807) is 16.0 Å². The average Bonchev–Trinajstić information content (AvgIpc) is 4.10. The zero-order valence-electron chi connectivity index (χ0n) is 39.4. The Balaban J connectivity index is 1.54. The fourth-order valence-electron chi connectivity index (χ4n) is 9.49. The van der Waals surface area contributed by atoms with Crippen molar-refractivity contribution in [3.8, 4) is 29.3 Å². The van der Waals surface area contributed by atoms with Gasteiger partial charge in [0, 0.05) is 29.3 Å². The number of rotatable bonds is 39. The molecule has 4 rings (SSSR count). The Morgan fingerprint density at radius 2 is 0.733 bits per heavy atom. The molecule has 0 spiro atoms. The van der Waals surface area contributed by atoms with Crippen LogP contribution >= 0.6 is 45.3 Å². The maximum Gasteiger partial charge on any atom is 0.0477 e. The van der Waals surface area contributed by atoms with E-state index in [-0.39, 0.29) is 0 Å². The van der Waals surface area contributed by atoms with Crippen LogP contribution in [0.4, 0.5) is 0 Å². The summed E-state index contributed by atoms with van der Waals surface area (Å²) < 4.78 is 0. The molecule has 4 aromatic heterocycles. The lowest BCUT2D eigenvalue weighted by molar-refractivity contribution is 0.390. The Bertz CT molecular complexity index is 1550. The monoisotopic (exact) mass is 891 g/mol. The zero-order valence-corrected chi connectivity index (χ0v) is 42.7. The average molecular weight is 892 g/mol. The molecule has 4 heteroatoms. The SMILES string of the molecule is CCCCCCCCCCC(CCCCCCCC)Cc1csc(-c2ccc(-c3ccc(-c4cccs4)s3)s2)c1CC(CCCCCCCC)CCCCCCCCCC. The molecule has 0 aliphatic heterocycles. The van der Waals surface area contributed by atoms with Gasteiger partial charge in [0.25, 0.3) is 0 Å². The molecule has 0 saturated heterocycles. The van der Waals surface area contributed by atoms with E-state index in [0.29, 0.717) is 0 Å². The number of unbranched alkanes of at least 4 members (excludes halogenated alkanes) is 24. The van der Waals surface area contributed by atoms with E-state index in [0.717, 1.165) is 11.8 Å². The summed E-state index contributed by atoms with van der Waals surface area (Å²) in [6.07, 6.45) is 48.1. The molecule has 0 bridgehead atoms. The molecular formula is C56H90S4. The molecule has 0 saturated carbocycles. The summed E-state index contributed by atoms with van der Waals surface area (Å²) in [7, 11) is 0. The molecule has 4 aromatic rings. The van der Waals surface area contributed by atoms with Gasteiger partial charge in [-0.15, -0.1) is 45.3 Å². The van der Waals surface area contributed by atoms with E-state index in [9.17, 15) is 0 Å². The van der Waals surface area contributed by atoms with Crippen LogP contribution in [0.1, 0.15) is 244 Å². The molecule has 0 aliphatic carbocycles. The molecule has 0 amide bonds. The van der Waals surface area contributed by atoms with E-state index in [1.807, 2.05) is 22.7 Å². The predicted octanol–water partition coefficient (Wildman–Crippen LogP) is 21.8. The van der Waals surface area contributed by atoms with Crippen molar-refractivity contribution in [3.63, 3.8) is 0 Å². The third kappa shape index (κ3) is 20.5. The van der Waals surface area contributed by atoms with Crippen molar-refractivity contribution in [2.75, 3.05) is 0 Å². The van der Waals surface area contributed by atoms with Crippen molar-refractivity contribution < 1.29 is 0 Å². The van der Waals surface area contributed by atoms with Gasteiger partial charge >= 0.3 is 0 Å². The molecule has 0 N–H and O–H groups in total. The molecule has 0 radical (unpaired) electrons. The quantitative estimate of drug-likeness (QED) is 0.0392. The van der Waals surface area contributed by atoms with Gasteiger partial charge in [-0.2, -0.15) is 0 Å². The first kappa shape index (κ1) is 51.4. The highest BCUT2D eigenvalue weighted by Crippen LogP contribution is 2.45. The van der Waals surface area contributed by atoms with Gasteiger partial charge in [0.1, 0.15) is 0 Å². The molecule has 2 atom stereocenters. The van der Waals surface area contributed by atoms with Crippen LogP contribution in [-0.2, 0) is 12.8 Å². The number of hydrogen-bond donors (Lipinski definition) is 0. The van der Waals surface area contributed by atoms with Crippen LogP contribution in [0.5, 0.6) is 0 Å². The van der Waals surface area contributed by atoms with Gasteiger partial charge in [0.2, 0.25) is 0 Å². The van der Waals surface area contributed by atoms with Gasteiger partial charge in [-0.25, -0.2) is 0 Å². The minimum absolute atomic E-state index is 0.818. The molecule has 0 nitrogen and oxygen atoms in total. The summed E-state index contributed by atoms with van der Waals surface area (Å²) in [5, 5.41) is 4.86. The molecule has 4 heterocycles. The lowest BCUT2D eigenvalue weighted by Crippen LogP contribution is -2.10. The van der Waals surface area contributed by atoms with Crippen LogP contribution in [0.15, 0.2) is 47.2 Å². The highest BCUT2D eigenvalue weighted by Gasteiger charge is 2.22. The van der Waals surface area contributed by atoms with Crippen LogP contribution in [0.2, 0.25) is 0 Å². The highest BCUT2D eigenvalue weighted by molar-refractivity contribution is 7.28. The van der Waals surface area contributed by atoms with Crippen molar-refractivity contribution in [1.29, 1.82) is 0 Å². The molecular weight excluding hydrogens is 801 g/mol. The van der Waals surface area contributed by atoms with Gasteiger partial charge in [0.15, 0.2) is 0 Å². The number of thiophene rings is 4. The van der Waals surface area contributed by atoms with Crippen LogP contribution in [0, 0.1) is 11.8 Å². The van der Waals surface area contributed by atoms with Gasteiger partial charge in [0.05, 0.1) is 0 Å². The minimum atomic E-state index is 0.818. The second-order valence-electron chi connectivity index (χ2n) is 18.7. The van der Waals surface area contributed by atoms with Crippen molar-refractivity contribution in [2.24, 2.45) is 11.8 Å². The summed E-state index contributed by atoms with van der Waals surface area (Å²) in [5.41, 5.74) is 3.50. The fourth-order valence-corrected chi connectivity index (χ4v) is 13.7. The van der Waals surface area contributed by atoms with E-state index >= 15 is 0 Å². The Morgan fingerprint density at radius 3 is 1.15 bits per heavy atom. The summed E-state index contributed by atoms with van der Waals surface area (Å²) in [6, 6.07) is 14.1. The lowest BCUT2D eigenvalue weighted by atomic mass is 9.84. The third-order valence-corrected chi connectivity index (χ3v) is 18.0. The molecule has 0 fully saturated rings. The highest BCUT2D eigenvalue weighted by atomic mass is 32.1. The molecule has 338 valence electrons. The standard InChI is InChI=1S/C56H90S4/c1-5-9-13-17-21-23-27-30-35-47(34-29-25-19-15-11-7-3)44-49-46-58-56(55-42-41-54(60-55)53-40-39-52(59-53)51-38-33-43-57-51)50(49)45-48(36-31-26-20-16-12-8-4)37-32-28-24-22-18-14-10-6-2/h33,38-43,46-48H,5-32,34-37,44-45H2,1-4H3. The summed E-state index contributed by atoms with van der Waals surface area (Å²) in [6.45, 7) is 9.37. The molecule has 0 aromatic carbocycles. The smallest absolute Gasteiger partial charge is 0.0477 e. The van der Waals surface area contributed by atoms with Crippen molar-refractivity contribution in [3.05, 3.63) is 58.3 Å². The van der Waals surface area contributed by atoms with Crippen molar-refractivity contribution >= 4 is 45.3 Å². The maximum atomic E-state index is 2.66. The van der Waals surface area contributed by atoms with Crippen LogP contribution < -0.4 is 0 Å². The Kier molecular flexibility index (Phi) is 28.6.